The Labute approximate surface area is 106 Å². The minimum Gasteiger partial charge on any atom is -0.479 e. The van der Waals surface area contributed by atoms with Crippen LogP contribution >= 0.6 is 0 Å². The number of aliphatic carboxylic acids is 1. The van der Waals surface area contributed by atoms with Crippen LogP contribution in [-0.2, 0) is 19.1 Å². The second-order valence-electron chi connectivity index (χ2n) is 4.45. The van der Waals surface area contributed by atoms with Crippen molar-refractivity contribution in [2.24, 2.45) is 5.73 Å². The lowest BCUT2D eigenvalue weighted by Crippen LogP contribution is -2.49. The van der Waals surface area contributed by atoms with Gasteiger partial charge in [0.25, 0.3) is 0 Å². The molecular formula is C11H20N2O5. The van der Waals surface area contributed by atoms with Crippen LogP contribution < -0.4 is 11.1 Å². The molecule has 3 unspecified atom stereocenters. The lowest BCUT2D eigenvalue weighted by Gasteiger charge is -2.29. The molecule has 0 aromatic heterocycles. The highest BCUT2D eigenvalue weighted by Gasteiger charge is 2.28. The van der Waals surface area contributed by atoms with Gasteiger partial charge in [-0.15, -0.1) is 0 Å². The molecule has 4 N–H and O–H groups in total. The molecule has 1 aliphatic heterocycles. The van der Waals surface area contributed by atoms with Gasteiger partial charge >= 0.3 is 11.9 Å². The van der Waals surface area contributed by atoms with E-state index in [0.717, 1.165) is 12.8 Å². The fourth-order valence-corrected chi connectivity index (χ4v) is 1.72. The Kier molecular flexibility index (Phi) is 6.03. The number of carboxylic acid groups (broad SMARTS) is 1. The first-order valence-corrected chi connectivity index (χ1v) is 6.00. The molecule has 1 saturated heterocycles. The third-order valence-electron chi connectivity index (χ3n) is 2.53. The van der Waals surface area contributed by atoms with Gasteiger partial charge in [0.15, 0.2) is 6.61 Å². The fourth-order valence-electron chi connectivity index (χ4n) is 1.72. The van der Waals surface area contributed by atoms with E-state index in [1.807, 2.05) is 6.92 Å². The van der Waals surface area contributed by atoms with E-state index in [9.17, 15) is 9.59 Å². The molecule has 0 aliphatic carbocycles. The number of nitrogens with two attached hydrogens (primary N) is 1. The normalized spacial score (nSPS) is 25.4. The van der Waals surface area contributed by atoms with Crippen LogP contribution in [0.15, 0.2) is 0 Å². The minimum absolute atomic E-state index is 0.0638. The van der Waals surface area contributed by atoms with Gasteiger partial charge in [-0.05, 0) is 26.2 Å². The number of hydrogen-bond donors (Lipinski definition) is 3. The van der Waals surface area contributed by atoms with E-state index in [2.05, 4.69) is 10.1 Å². The second-order valence-corrected chi connectivity index (χ2v) is 4.45. The van der Waals surface area contributed by atoms with Gasteiger partial charge in [0.05, 0.1) is 6.61 Å². The van der Waals surface area contributed by atoms with Gasteiger partial charge in [-0.2, -0.15) is 0 Å². The first-order chi connectivity index (χ1) is 8.49. The molecule has 1 aliphatic rings. The quantitative estimate of drug-likeness (QED) is 0.549. The van der Waals surface area contributed by atoms with Crippen molar-refractivity contribution in [2.45, 2.75) is 44.5 Å². The van der Waals surface area contributed by atoms with Crippen molar-refractivity contribution >= 4 is 11.9 Å². The molecule has 0 saturated carbocycles. The number of esters is 1. The van der Waals surface area contributed by atoms with Crippen molar-refractivity contribution in [3.05, 3.63) is 0 Å². The lowest BCUT2D eigenvalue weighted by atomic mass is 10.0. The molecule has 0 aromatic carbocycles. The summed E-state index contributed by atoms with van der Waals surface area (Å²) in [7, 11) is 0. The number of carbonyl (C=O) groups is 2. The van der Waals surface area contributed by atoms with Crippen LogP contribution in [0.3, 0.4) is 0 Å². The van der Waals surface area contributed by atoms with E-state index in [1.165, 1.54) is 0 Å². The zero-order chi connectivity index (χ0) is 13.5. The first-order valence-electron chi connectivity index (χ1n) is 6.00. The summed E-state index contributed by atoms with van der Waals surface area (Å²) in [5.41, 5.74) is 5.58. The van der Waals surface area contributed by atoms with Gasteiger partial charge in [0.2, 0.25) is 0 Å². The summed E-state index contributed by atoms with van der Waals surface area (Å²) >= 11 is 0. The van der Waals surface area contributed by atoms with Crippen molar-refractivity contribution in [2.75, 3.05) is 13.2 Å². The maximum atomic E-state index is 11.6. The van der Waals surface area contributed by atoms with Crippen molar-refractivity contribution < 1.29 is 24.2 Å². The molecule has 0 aromatic rings. The van der Waals surface area contributed by atoms with Crippen molar-refractivity contribution in [1.29, 1.82) is 0 Å². The summed E-state index contributed by atoms with van der Waals surface area (Å²) in [5, 5.41) is 11.4. The smallest absolute Gasteiger partial charge is 0.341 e. The molecule has 0 bridgehead atoms. The van der Waals surface area contributed by atoms with Crippen LogP contribution in [-0.4, -0.2) is 48.6 Å². The molecule has 7 heteroatoms. The number of rotatable bonds is 6. The molecule has 0 spiro atoms. The van der Waals surface area contributed by atoms with E-state index >= 15 is 0 Å². The Bertz CT molecular complexity index is 295. The Morgan fingerprint density at radius 1 is 1.50 bits per heavy atom. The molecule has 1 heterocycles. The maximum Gasteiger partial charge on any atom is 0.341 e. The summed E-state index contributed by atoms with van der Waals surface area (Å²) < 4.78 is 10.1. The number of ether oxygens (including phenoxy) is 2. The predicted octanol–water partition coefficient (Wildman–Crippen LogP) is -0.554. The van der Waals surface area contributed by atoms with Crippen LogP contribution in [0.5, 0.6) is 0 Å². The number of carbonyl (C=O) groups excluding carboxylic acids is 1. The van der Waals surface area contributed by atoms with Gasteiger partial charge < -0.3 is 20.3 Å². The highest BCUT2D eigenvalue weighted by atomic mass is 16.6. The molecular weight excluding hydrogens is 240 g/mol. The van der Waals surface area contributed by atoms with Crippen molar-refractivity contribution in [3.63, 3.8) is 0 Å². The summed E-state index contributed by atoms with van der Waals surface area (Å²) in [6, 6.07) is -0.567. The van der Waals surface area contributed by atoms with E-state index in [1.54, 1.807) is 0 Å². The highest BCUT2D eigenvalue weighted by Crippen LogP contribution is 2.14. The number of nitrogens with one attached hydrogen (secondary N) is 1. The minimum atomic E-state index is -1.16. The lowest BCUT2D eigenvalue weighted by molar-refractivity contribution is -0.158. The van der Waals surface area contributed by atoms with E-state index in [4.69, 9.17) is 15.6 Å². The van der Waals surface area contributed by atoms with Crippen LogP contribution in [0.4, 0.5) is 0 Å². The molecule has 0 radical (unpaired) electrons. The molecule has 7 nitrogen and oxygen atoms in total. The Hall–Kier alpha value is -1.18. The standard InChI is InChI=1S/C11H20N2O5/c1-7(12)5-17-9-4-2-3-8(13-9)11(16)18-6-10(14)15/h7-9,13H,2-6,12H2,1H3,(H,14,15). The molecule has 0 amide bonds. The highest BCUT2D eigenvalue weighted by molar-refractivity contribution is 5.79. The largest absolute Gasteiger partial charge is 0.479 e. The van der Waals surface area contributed by atoms with Crippen molar-refractivity contribution in [1.82, 2.24) is 5.32 Å². The third kappa shape index (κ3) is 5.44. The molecule has 1 rings (SSSR count). The fraction of sp³-hybridized carbons (Fsp3) is 0.818. The Morgan fingerprint density at radius 2 is 2.22 bits per heavy atom. The maximum absolute atomic E-state index is 11.6. The monoisotopic (exact) mass is 260 g/mol. The zero-order valence-corrected chi connectivity index (χ0v) is 10.4. The summed E-state index contributed by atoms with van der Waals surface area (Å²) in [4.78, 5) is 21.9. The number of hydrogen-bond acceptors (Lipinski definition) is 6. The first kappa shape index (κ1) is 14.9. The molecule has 18 heavy (non-hydrogen) atoms. The SMILES string of the molecule is CC(N)COC1CCCC(C(=O)OCC(=O)O)N1. The summed E-state index contributed by atoms with van der Waals surface area (Å²) in [6.45, 7) is 1.64. The third-order valence-corrected chi connectivity index (χ3v) is 2.53. The predicted molar refractivity (Wildman–Crippen MR) is 62.8 cm³/mol. The van der Waals surface area contributed by atoms with E-state index in [0.29, 0.717) is 13.0 Å². The van der Waals surface area contributed by atoms with Gasteiger partial charge in [0, 0.05) is 6.04 Å². The average molecular weight is 260 g/mol. The number of carboxylic acids is 1. The zero-order valence-electron chi connectivity index (χ0n) is 10.4. The van der Waals surface area contributed by atoms with E-state index < -0.39 is 24.6 Å². The second kappa shape index (κ2) is 7.30. The Morgan fingerprint density at radius 3 is 2.83 bits per heavy atom. The van der Waals surface area contributed by atoms with Crippen LogP contribution in [0, 0.1) is 0 Å². The van der Waals surface area contributed by atoms with Gasteiger partial charge in [-0.3, -0.25) is 10.1 Å². The van der Waals surface area contributed by atoms with Gasteiger partial charge in [-0.1, -0.05) is 0 Å². The van der Waals surface area contributed by atoms with E-state index in [-0.39, 0.29) is 12.3 Å². The topological polar surface area (TPSA) is 111 Å². The summed E-state index contributed by atoms with van der Waals surface area (Å²) in [6.07, 6.45) is 2.02. The average Bonchev–Trinajstić information content (AvgIpc) is 2.33. The summed E-state index contributed by atoms with van der Waals surface area (Å²) in [5.74, 6) is -1.71. The molecule has 3 atom stereocenters. The number of piperidine rings is 1. The molecule has 104 valence electrons. The molecule has 1 fully saturated rings. The van der Waals surface area contributed by atoms with Crippen molar-refractivity contribution in [3.8, 4) is 0 Å². The van der Waals surface area contributed by atoms with Gasteiger partial charge in [-0.25, -0.2) is 4.79 Å². The Balaban J connectivity index is 2.33. The van der Waals surface area contributed by atoms with Crippen LogP contribution in [0.1, 0.15) is 26.2 Å². The van der Waals surface area contributed by atoms with Gasteiger partial charge in [0.1, 0.15) is 12.3 Å². The van der Waals surface area contributed by atoms with Crippen LogP contribution in [0.2, 0.25) is 0 Å². The van der Waals surface area contributed by atoms with Crippen LogP contribution in [0.25, 0.3) is 0 Å².